The molecule has 3 aliphatic rings. The number of hydrogen-bond acceptors (Lipinski definition) is 11. The SMILES string of the molecule is CC(C)c1noc(N2CCC([C@H](C)CCOc3cnc(N4C[C@H](CC(=O)OC(C)(C)C)[C@@H](N5CCCCC5=O)C4)cn3)CC2)n1. The summed E-state index contributed by atoms with van der Waals surface area (Å²) in [6.45, 7) is 16.5. The Labute approximate surface area is 267 Å². The van der Waals surface area contributed by atoms with Gasteiger partial charge in [-0.2, -0.15) is 4.98 Å². The minimum absolute atomic E-state index is 0.0301. The van der Waals surface area contributed by atoms with E-state index in [2.05, 4.69) is 50.7 Å². The van der Waals surface area contributed by atoms with Crippen LogP contribution in [0.3, 0.4) is 0 Å². The number of anilines is 2. The quantitative estimate of drug-likeness (QED) is 0.318. The van der Waals surface area contributed by atoms with Crippen LogP contribution in [0.5, 0.6) is 5.88 Å². The van der Waals surface area contributed by atoms with Gasteiger partial charge in [0.2, 0.25) is 11.8 Å². The number of carbonyl (C=O) groups excluding carboxylic acids is 2. The first-order valence-corrected chi connectivity index (χ1v) is 16.8. The van der Waals surface area contributed by atoms with Crippen molar-refractivity contribution in [1.29, 1.82) is 0 Å². The molecule has 0 radical (unpaired) electrons. The minimum Gasteiger partial charge on any atom is -0.477 e. The maximum atomic E-state index is 12.8. The molecule has 0 spiro atoms. The molecule has 3 fully saturated rings. The van der Waals surface area contributed by atoms with Crippen molar-refractivity contribution in [1.82, 2.24) is 25.0 Å². The second kappa shape index (κ2) is 14.3. The van der Waals surface area contributed by atoms with E-state index in [-0.39, 0.29) is 36.2 Å². The van der Waals surface area contributed by atoms with E-state index < -0.39 is 5.60 Å². The molecule has 2 aromatic heterocycles. The Hall–Kier alpha value is -3.44. The van der Waals surface area contributed by atoms with Gasteiger partial charge in [0.15, 0.2) is 5.82 Å². The van der Waals surface area contributed by atoms with Crippen LogP contribution in [-0.2, 0) is 14.3 Å². The van der Waals surface area contributed by atoms with Gasteiger partial charge >= 0.3 is 12.0 Å². The van der Waals surface area contributed by atoms with Crippen molar-refractivity contribution in [3.8, 4) is 5.88 Å². The van der Waals surface area contributed by atoms with Gasteiger partial charge in [0.05, 0.1) is 31.5 Å². The number of carbonyl (C=O) groups is 2. The molecule has 0 aromatic carbocycles. The number of ether oxygens (including phenoxy) is 2. The molecule has 0 unspecified atom stereocenters. The van der Waals surface area contributed by atoms with Crippen LogP contribution in [0.2, 0.25) is 0 Å². The fraction of sp³-hybridized carbons (Fsp3) is 0.758. The number of amides is 1. The first-order valence-electron chi connectivity index (χ1n) is 16.8. The molecule has 0 bridgehead atoms. The zero-order valence-corrected chi connectivity index (χ0v) is 27.9. The summed E-state index contributed by atoms with van der Waals surface area (Å²) in [4.78, 5) is 45.6. The summed E-state index contributed by atoms with van der Waals surface area (Å²) < 4.78 is 17.1. The lowest BCUT2D eigenvalue weighted by atomic mass is 9.84. The third-order valence-corrected chi connectivity index (χ3v) is 9.34. The average molecular weight is 626 g/mol. The lowest BCUT2D eigenvalue weighted by molar-refractivity contribution is -0.157. The van der Waals surface area contributed by atoms with Crippen molar-refractivity contribution in [2.45, 2.75) is 104 Å². The molecule has 0 N–H and O–H groups in total. The molecular formula is C33H51N7O5. The zero-order valence-electron chi connectivity index (χ0n) is 27.9. The zero-order chi connectivity index (χ0) is 32.1. The van der Waals surface area contributed by atoms with Crippen LogP contribution in [0.25, 0.3) is 0 Å². The van der Waals surface area contributed by atoms with Crippen LogP contribution < -0.4 is 14.5 Å². The second-order valence-electron chi connectivity index (χ2n) is 14.3. The summed E-state index contributed by atoms with van der Waals surface area (Å²) >= 11 is 0. The van der Waals surface area contributed by atoms with E-state index in [0.29, 0.717) is 49.8 Å². The Morgan fingerprint density at radius 1 is 1.04 bits per heavy atom. The summed E-state index contributed by atoms with van der Waals surface area (Å²) in [7, 11) is 0. The lowest BCUT2D eigenvalue weighted by Crippen LogP contribution is -2.47. The van der Waals surface area contributed by atoms with Crippen LogP contribution in [0, 0.1) is 17.8 Å². The predicted molar refractivity (Wildman–Crippen MR) is 170 cm³/mol. The molecule has 12 nitrogen and oxygen atoms in total. The highest BCUT2D eigenvalue weighted by Crippen LogP contribution is 2.32. The van der Waals surface area contributed by atoms with Crippen LogP contribution in [0.15, 0.2) is 16.9 Å². The molecule has 5 heterocycles. The van der Waals surface area contributed by atoms with Gasteiger partial charge in [0, 0.05) is 51.0 Å². The van der Waals surface area contributed by atoms with Crippen molar-refractivity contribution in [3.05, 3.63) is 18.2 Å². The minimum atomic E-state index is -0.545. The predicted octanol–water partition coefficient (Wildman–Crippen LogP) is 4.85. The van der Waals surface area contributed by atoms with Crippen molar-refractivity contribution < 1.29 is 23.6 Å². The van der Waals surface area contributed by atoms with Crippen molar-refractivity contribution in [2.24, 2.45) is 17.8 Å². The van der Waals surface area contributed by atoms with Crippen LogP contribution in [0.1, 0.15) is 98.2 Å². The Bertz CT molecular complexity index is 1270. The molecule has 2 aromatic rings. The molecule has 5 rings (SSSR count). The Kier molecular flexibility index (Phi) is 10.5. The maximum Gasteiger partial charge on any atom is 0.324 e. The average Bonchev–Trinajstić information content (AvgIpc) is 3.65. The number of hydrogen-bond donors (Lipinski definition) is 0. The standard InChI is InChI=1S/C33H51N7O5/c1-22(2)31-36-32(45-37-31)38-14-10-24(11-15-38)23(3)12-16-43-28-19-34-27(18-35-28)39-20-25(17-30(42)44-33(4,5)6)26(21-39)40-13-8-7-9-29(40)41/h18-19,22-26H,7-17,20-21H2,1-6H3/t23-,25+,26+/m1/s1. The van der Waals surface area contributed by atoms with E-state index >= 15 is 0 Å². The number of esters is 1. The van der Waals surface area contributed by atoms with E-state index in [1.54, 1.807) is 12.4 Å². The number of rotatable bonds is 11. The highest BCUT2D eigenvalue weighted by Gasteiger charge is 2.41. The molecule has 0 aliphatic carbocycles. The van der Waals surface area contributed by atoms with E-state index in [0.717, 1.165) is 63.4 Å². The highest BCUT2D eigenvalue weighted by atomic mass is 16.6. The van der Waals surface area contributed by atoms with E-state index in [9.17, 15) is 9.59 Å². The number of piperidine rings is 2. The highest BCUT2D eigenvalue weighted by molar-refractivity contribution is 5.78. The van der Waals surface area contributed by atoms with E-state index in [1.165, 1.54) is 0 Å². The maximum absolute atomic E-state index is 12.8. The van der Waals surface area contributed by atoms with Gasteiger partial charge in [0.25, 0.3) is 0 Å². The Balaban J connectivity index is 1.10. The number of likely N-dealkylation sites (tertiary alicyclic amines) is 1. The van der Waals surface area contributed by atoms with Gasteiger partial charge in [-0.15, -0.1) is 0 Å². The topological polar surface area (TPSA) is 127 Å². The summed E-state index contributed by atoms with van der Waals surface area (Å²) in [5, 5.41) is 4.10. The van der Waals surface area contributed by atoms with Gasteiger partial charge in [0.1, 0.15) is 11.4 Å². The van der Waals surface area contributed by atoms with Crippen molar-refractivity contribution in [3.63, 3.8) is 0 Å². The van der Waals surface area contributed by atoms with Crippen molar-refractivity contribution >= 4 is 23.7 Å². The Morgan fingerprint density at radius 2 is 1.82 bits per heavy atom. The van der Waals surface area contributed by atoms with Gasteiger partial charge in [-0.3, -0.25) is 9.59 Å². The molecule has 1 amide bonds. The van der Waals surface area contributed by atoms with Crippen LogP contribution >= 0.6 is 0 Å². The van der Waals surface area contributed by atoms with Gasteiger partial charge in [-0.1, -0.05) is 25.9 Å². The molecule has 12 heteroatoms. The smallest absolute Gasteiger partial charge is 0.324 e. The second-order valence-corrected chi connectivity index (χ2v) is 14.3. The summed E-state index contributed by atoms with van der Waals surface area (Å²) in [5.41, 5.74) is -0.545. The number of nitrogens with zero attached hydrogens (tertiary/aromatic N) is 7. The van der Waals surface area contributed by atoms with Gasteiger partial charge in [-0.25, -0.2) is 9.97 Å². The normalized spacial score (nSPS) is 22.3. The molecule has 0 saturated carbocycles. The van der Waals surface area contributed by atoms with E-state index in [1.807, 2.05) is 25.7 Å². The molecule has 3 atom stereocenters. The summed E-state index contributed by atoms with van der Waals surface area (Å²) in [5.74, 6) is 3.30. The molecular weight excluding hydrogens is 574 g/mol. The molecule has 3 saturated heterocycles. The molecule has 45 heavy (non-hydrogen) atoms. The van der Waals surface area contributed by atoms with Crippen LogP contribution in [-0.4, -0.2) is 87.9 Å². The van der Waals surface area contributed by atoms with Crippen LogP contribution in [0.4, 0.5) is 11.8 Å². The Morgan fingerprint density at radius 3 is 2.47 bits per heavy atom. The monoisotopic (exact) mass is 625 g/mol. The largest absolute Gasteiger partial charge is 0.477 e. The fourth-order valence-electron chi connectivity index (χ4n) is 6.75. The van der Waals surface area contributed by atoms with Gasteiger partial charge < -0.3 is 28.7 Å². The summed E-state index contributed by atoms with van der Waals surface area (Å²) in [6.07, 6.45) is 9.28. The van der Waals surface area contributed by atoms with Gasteiger partial charge in [-0.05, 0) is 64.7 Å². The lowest BCUT2D eigenvalue weighted by Gasteiger charge is -2.35. The number of aromatic nitrogens is 4. The third-order valence-electron chi connectivity index (χ3n) is 9.34. The summed E-state index contributed by atoms with van der Waals surface area (Å²) in [6, 6.07) is 0.582. The third kappa shape index (κ3) is 8.64. The fourth-order valence-corrected chi connectivity index (χ4v) is 6.75. The van der Waals surface area contributed by atoms with E-state index in [4.69, 9.17) is 14.0 Å². The first kappa shape index (κ1) is 32.9. The first-order chi connectivity index (χ1) is 21.5. The molecule has 3 aliphatic heterocycles. The molecule has 248 valence electrons. The van der Waals surface area contributed by atoms with Crippen molar-refractivity contribution in [2.75, 3.05) is 49.1 Å².